The number of anilines is 1. The number of nitrogens with one attached hydrogen (secondary N) is 1. The zero-order valence-electron chi connectivity index (χ0n) is 8.31. The van der Waals surface area contributed by atoms with E-state index in [1.54, 1.807) is 6.07 Å². The Kier molecular flexibility index (Phi) is 3.83. The average molecular weight is 289 g/mol. The number of rotatable bonds is 4. The third-order valence-electron chi connectivity index (χ3n) is 1.90. The SMILES string of the molecule is C[C@@H](Nc1ccc(Br)cc1[N+](=O)[O-])C(=O)O. The molecule has 0 aliphatic rings. The zero-order valence-corrected chi connectivity index (χ0v) is 9.89. The second-order valence-corrected chi connectivity index (χ2v) is 4.04. The number of halogens is 1. The highest BCUT2D eigenvalue weighted by molar-refractivity contribution is 9.10. The molecule has 0 aliphatic carbocycles. The first-order chi connectivity index (χ1) is 7.41. The number of benzene rings is 1. The fraction of sp³-hybridized carbons (Fsp3) is 0.222. The minimum atomic E-state index is -1.07. The molecule has 0 heterocycles. The van der Waals surface area contributed by atoms with Gasteiger partial charge in [-0.2, -0.15) is 0 Å². The van der Waals surface area contributed by atoms with Crippen molar-refractivity contribution < 1.29 is 14.8 Å². The lowest BCUT2D eigenvalue weighted by Crippen LogP contribution is -2.25. The van der Waals surface area contributed by atoms with Crippen molar-refractivity contribution in [2.45, 2.75) is 13.0 Å². The van der Waals surface area contributed by atoms with Gasteiger partial charge in [0, 0.05) is 10.5 Å². The molecule has 0 bridgehead atoms. The van der Waals surface area contributed by atoms with Crippen LogP contribution in [0.4, 0.5) is 11.4 Å². The lowest BCUT2D eigenvalue weighted by Gasteiger charge is -2.10. The van der Waals surface area contributed by atoms with Crippen LogP contribution in [0.1, 0.15) is 6.92 Å². The van der Waals surface area contributed by atoms with Crippen LogP contribution in [0.3, 0.4) is 0 Å². The summed E-state index contributed by atoms with van der Waals surface area (Å²) in [7, 11) is 0. The Bertz CT molecular complexity index is 436. The number of nitrogens with zero attached hydrogens (tertiary/aromatic N) is 1. The van der Waals surface area contributed by atoms with E-state index in [9.17, 15) is 14.9 Å². The molecule has 16 heavy (non-hydrogen) atoms. The Labute approximate surface area is 99.6 Å². The third kappa shape index (κ3) is 2.93. The molecule has 86 valence electrons. The molecule has 0 saturated heterocycles. The fourth-order valence-electron chi connectivity index (χ4n) is 1.07. The summed E-state index contributed by atoms with van der Waals surface area (Å²) in [6.45, 7) is 1.41. The fourth-order valence-corrected chi connectivity index (χ4v) is 1.42. The Hall–Kier alpha value is -1.63. The maximum atomic E-state index is 10.7. The monoisotopic (exact) mass is 288 g/mol. The first-order valence-corrected chi connectivity index (χ1v) is 5.14. The lowest BCUT2D eigenvalue weighted by molar-refractivity contribution is -0.384. The van der Waals surface area contributed by atoms with Gasteiger partial charge >= 0.3 is 5.97 Å². The number of carbonyl (C=O) groups is 1. The summed E-state index contributed by atoms with van der Waals surface area (Å²) in [5.74, 6) is -1.07. The molecule has 0 aliphatic heterocycles. The molecule has 1 atom stereocenters. The van der Waals surface area contributed by atoms with E-state index in [0.29, 0.717) is 4.47 Å². The molecule has 6 nitrogen and oxygen atoms in total. The smallest absolute Gasteiger partial charge is 0.325 e. The van der Waals surface area contributed by atoms with Crippen LogP contribution >= 0.6 is 15.9 Å². The normalized spacial score (nSPS) is 11.9. The summed E-state index contributed by atoms with van der Waals surface area (Å²) in [4.78, 5) is 20.8. The highest BCUT2D eigenvalue weighted by atomic mass is 79.9. The van der Waals surface area contributed by atoms with Gasteiger partial charge in [0.1, 0.15) is 11.7 Å². The average Bonchev–Trinajstić information content (AvgIpc) is 2.20. The van der Waals surface area contributed by atoms with Crippen molar-refractivity contribution in [2.75, 3.05) is 5.32 Å². The van der Waals surface area contributed by atoms with Crippen molar-refractivity contribution in [1.82, 2.24) is 0 Å². The zero-order chi connectivity index (χ0) is 12.3. The van der Waals surface area contributed by atoms with Crippen LogP contribution < -0.4 is 5.32 Å². The minimum Gasteiger partial charge on any atom is -0.480 e. The number of aliphatic carboxylic acids is 1. The highest BCUT2D eigenvalue weighted by Crippen LogP contribution is 2.28. The van der Waals surface area contributed by atoms with E-state index >= 15 is 0 Å². The van der Waals surface area contributed by atoms with Crippen LogP contribution in [0.2, 0.25) is 0 Å². The third-order valence-corrected chi connectivity index (χ3v) is 2.39. The molecule has 0 unspecified atom stereocenters. The topological polar surface area (TPSA) is 92.5 Å². The maximum Gasteiger partial charge on any atom is 0.325 e. The Morgan fingerprint density at radius 2 is 2.25 bits per heavy atom. The molecule has 0 aromatic heterocycles. The second kappa shape index (κ2) is 4.93. The van der Waals surface area contributed by atoms with Crippen LogP contribution in [0, 0.1) is 10.1 Å². The van der Waals surface area contributed by atoms with Gasteiger partial charge in [-0.1, -0.05) is 15.9 Å². The van der Waals surface area contributed by atoms with Gasteiger partial charge in [0.05, 0.1) is 4.92 Å². The van der Waals surface area contributed by atoms with Crippen molar-refractivity contribution >= 4 is 33.3 Å². The van der Waals surface area contributed by atoms with E-state index < -0.39 is 16.9 Å². The van der Waals surface area contributed by atoms with E-state index in [1.165, 1.54) is 19.1 Å². The second-order valence-electron chi connectivity index (χ2n) is 3.12. The maximum absolute atomic E-state index is 10.7. The Balaban J connectivity index is 3.04. The first-order valence-electron chi connectivity index (χ1n) is 4.35. The quantitative estimate of drug-likeness (QED) is 0.655. The largest absolute Gasteiger partial charge is 0.480 e. The van der Waals surface area contributed by atoms with E-state index in [1.807, 2.05) is 0 Å². The van der Waals surface area contributed by atoms with Crippen LogP contribution in [-0.4, -0.2) is 22.0 Å². The van der Waals surface area contributed by atoms with E-state index in [2.05, 4.69) is 21.2 Å². The molecule has 0 amide bonds. The number of nitro benzene ring substituents is 1. The van der Waals surface area contributed by atoms with E-state index in [-0.39, 0.29) is 11.4 Å². The lowest BCUT2D eigenvalue weighted by atomic mass is 10.2. The summed E-state index contributed by atoms with van der Waals surface area (Å²) in [6, 6.07) is 3.49. The molecule has 0 fully saturated rings. The predicted molar refractivity (Wildman–Crippen MR) is 61.5 cm³/mol. The highest BCUT2D eigenvalue weighted by Gasteiger charge is 2.18. The number of carboxylic acid groups (broad SMARTS) is 1. The molecule has 1 rings (SSSR count). The molecular formula is C9H9BrN2O4. The molecule has 0 radical (unpaired) electrons. The minimum absolute atomic E-state index is 0.164. The summed E-state index contributed by atoms with van der Waals surface area (Å²) in [5.41, 5.74) is 0.0191. The van der Waals surface area contributed by atoms with Crippen molar-refractivity contribution in [3.8, 4) is 0 Å². The standard InChI is InChI=1S/C9H9BrN2O4/c1-5(9(13)14)11-7-3-2-6(10)4-8(7)12(15)16/h2-5,11H,1H3,(H,13,14)/t5-/m1/s1. The van der Waals surface area contributed by atoms with Gasteiger partial charge in [-0.25, -0.2) is 0 Å². The van der Waals surface area contributed by atoms with Gasteiger partial charge in [0.15, 0.2) is 0 Å². The summed E-state index contributed by atoms with van der Waals surface area (Å²) in [5, 5.41) is 22.0. The summed E-state index contributed by atoms with van der Waals surface area (Å²) >= 11 is 3.11. The van der Waals surface area contributed by atoms with Crippen LogP contribution in [0.15, 0.2) is 22.7 Å². The molecule has 0 saturated carbocycles. The number of nitro groups is 1. The summed E-state index contributed by atoms with van der Waals surface area (Å²) in [6.07, 6.45) is 0. The van der Waals surface area contributed by atoms with Gasteiger partial charge < -0.3 is 10.4 Å². The number of carboxylic acids is 1. The predicted octanol–water partition coefficient (Wildman–Crippen LogP) is 2.24. The van der Waals surface area contributed by atoms with Crippen LogP contribution in [-0.2, 0) is 4.79 Å². The summed E-state index contributed by atoms with van der Waals surface area (Å²) < 4.78 is 0.563. The van der Waals surface area contributed by atoms with Gasteiger partial charge in [0.2, 0.25) is 0 Å². The van der Waals surface area contributed by atoms with Crippen LogP contribution in [0.5, 0.6) is 0 Å². The van der Waals surface area contributed by atoms with Crippen LogP contribution in [0.25, 0.3) is 0 Å². The number of hydrogen-bond donors (Lipinski definition) is 2. The Morgan fingerprint density at radius 1 is 1.62 bits per heavy atom. The Morgan fingerprint density at radius 3 is 2.75 bits per heavy atom. The van der Waals surface area contributed by atoms with Crippen molar-refractivity contribution in [2.24, 2.45) is 0 Å². The molecule has 2 N–H and O–H groups in total. The van der Waals surface area contributed by atoms with Crippen molar-refractivity contribution in [3.05, 3.63) is 32.8 Å². The first kappa shape index (κ1) is 12.4. The molecule has 1 aromatic carbocycles. The molecular weight excluding hydrogens is 280 g/mol. The molecule has 7 heteroatoms. The van der Waals surface area contributed by atoms with Gasteiger partial charge in [-0.05, 0) is 19.1 Å². The van der Waals surface area contributed by atoms with E-state index in [0.717, 1.165) is 0 Å². The van der Waals surface area contributed by atoms with Gasteiger partial charge in [-0.3, -0.25) is 14.9 Å². The molecule has 0 spiro atoms. The van der Waals surface area contributed by atoms with Gasteiger partial charge in [-0.15, -0.1) is 0 Å². The van der Waals surface area contributed by atoms with Crippen molar-refractivity contribution in [3.63, 3.8) is 0 Å². The van der Waals surface area contributed by atoms with E-state index in [4.69, 9.17) is 5.11 Å². The van der Waals surface area contributed by atoms with Crippen molar-refractivity contribution in [1.29, 1.82) is 0 Å². The van der Waals surface area contributed by atoms with Gasteiger partial charge in [0.25, 0.3) is 5.69 Å². The molecule has 1 aromatic rings. The number of hydrogen-bond acceptors (Lipinski definition) is 4.